The normalized spacial score (nSPS) is 18.7. The molecule has 2 aliphatic rings. The number of ether oxygens (including phenoxy) is 3. The smallest absolute Gasteiger partial charge is 0.295 e. The molecule has 8 nitrogen and oxygen atoms in total. The Bertz CT molecular complexity index is 1140. The first-order valence-corrected chi connectivity index (χ1v) is 12.6. The van der Waals surface area contributed by atoms with Gasteiger partial charge in [-0.1, -0.05) is 37.3 Å². The van der Waals surface area contributed by atoms with Crippen molar-refractivity contribution in [1.82, 2.24) is 4.90 Å². The van der Waals surface area contributed by atoms with E-state index in [4.69, 9.17) is 14.2 Å². The Morgan fingerprint density at radius 2 is 1.86 bits per heavy atom. The Kier molecular flexibility index (Phi) is 8.15. The van der Waals surface area contributed by atoms with Gasteiger partial charge in [-0.15, -0.1) is 0 Å². The van der Waals surface area contributed by atoms with Gasteiger partial charge in [0.1, 0.15) is 19.0 Å². The van der Waals surface area contributed by atoms with Crippen LogP contribution in [0.4, 0.5) is 0 Å². The first kappa shape index (κ1) is 25.6. The molecule has 0 bridgehead atoms. The Hall–Kier alpha value is -3.52. The third-order valence-electron chi connectivity index (χ3n) is 6.35. The number of rotatable bonds is 10. The molecule has 1 amide bonds. The zero-order valence-electron chi connectivity index (χ0n) is 21.2. The lowest BCUT2D eigenvalue weighted by atomic mass is 9.95. The highest BCUT2D eigenvalue weighted by atomic mass is 16.6. The summed E-state index contributed by atoms with van der Waals surface area (Å²) in [5, 5.41) is 13.7. The number of unbranched alkanes of at least 4 members (excludes halogenated alkanes) is 1. The number of nitrogens with zero attached hydrogens (tertiary/aromatic N) is 1. The lowest BCUT2D eigenvalue weighted by molar-refractivity contribution is -0.858. The van der Waals surface area contributed by atoms with Crippen LogP contribution in [0.25, 0.3) is 5.76 Å². The van der Waals surface area contributed by atoms with Crippen LogP contribution >= 0.6 is 0 Å². The van der Waals surface area contributed by atoms with E-state index in [0.29, 0.717) is 55.6 Å². The summed E-state index contributed by atoms with van der Waals surface area (Å²) in [6.07, 6.45) is 2.63. The number of ketones is 1. The van der Waals surface area contributed by atoms with E-state index in [1.807, 2.05) is 38.4 Å². The van der Waals surface area contributed by atoms with Crippen molar-refractivity contribution in [3.63, 3.8) is 0 Å². The van der Waals surface area contributed by atoms with Gasteiger partial charge in [0.15, 0.2) is 11.5 Å². The molecule has 2 heterocycles. The summed E-state index contributed by atoms with van der Waals surface area (Å²) in [7, 11) is 4.07. The van der Waals surface area contributed by atoms with Gasteiger partial charge in [-0.05, 0) is 41.8 Å². The number of benzene rings is 2. The van der Waals surface area contributed by atoms with Crippen molar-refractivity contribution in [1.29, 1.82) is 0 Å². The van der Waals surface area contributed by atoms with Crippen molar-refractivity contribution in [2.45, 2.75) is 32.2 Å². The molecule has 1 N–H and O–H groups in total. The van der Waals surface area contributed by atoms with E-state index in [1.165, 1.54) is 9.80 Å². The van der Waals surface area contributed by atoms with Crippen molar-refractivity contribution in [2.24, 2.45) is 0 Å². The molecule has 0 saturated carbocycles. The minimum atomic E-state index is -0.780. The number of nitrogens with one attached hydrogen (secondary N) is 1. The molecule has 8 heteroatoms. The van der Waals surface area contributed by atoms with Gasteiger partial charge in [0.25, 0.3) is 5.91 Å². The molecule has 192 valence electrons. The molecular weight excluding hydrogens is 460 g/mol. The van der Waals surface area contributed by atoms with Crippen molar-refractivity contribution in [2.75, 3.05) is 47.0 Å². The van der Waals surface area contributed by atoms with E-state index in [2.05, 4.69) is 6.92 Å². The summed E-state index contributed by atoms with van der Waals surface area (Å²) in [6, 6.07) is 11.4. The number of carbonyl (C=O) groups is 2. The molecule has 4 rings (SSSR count). The minimum absolute atomic E-state index is 0.0421. The average Bonchev–Trinajstić information content (AvgIpc) is 3.13. The first-order chi connectivity index (χ1) is 17.4. The highest BCUT2D eigenvalue weighted by Crippen LogP contribution is 2.41. The molecule has 0 radical (unpaired) electrons. The standard InChI is InChI=1S/C28H34N2O6/c1-4-5-14-34-21-9-6-8-19(17-21)25-24(27(32)28(33)30(25)13-7-12-29(2)3)26(31)20-10-11-22-23(18-20)36-16-15-35-22/h6,8-11,17-18,25,31H,4-5,7,12-16H2,1-3H3/b26-24+. The van der Waals surface area contributed by atoms with Crippen molar-refractivity contribution >= 4 is 17.4 Å². The first-order valence-electron chi connectivity index (χ1n) is 12.6. The second kappa shape index (κ2) is 11.5. The van der Waals surface area contributed by atoms with Crippen molar-refractivity contribution < 1.29 is 33.8 Å². The van der Waals surface area contributed by atoms with Gasteiger partial charge in [-0.2, -0.15) is 0 Å². The minimum Gasteiger partial charge on any atom is -0.872 e. The molecule has 0 aromatic heterocycles. The largest absolute Gasteiger partial charge is 0.872 e. The Morgan fingerprint density at radius 1 is 1.08 bits per heavy atom. The van der Waals surface area contributed by atoms with Crippen LogP contribution < -0.4 is 24.2 Å². The van der Waals surface area contributed by atoms with Gasteiger partial charge in [0.05, 0.1) is 33.3 Å². The van der Waals surface area contributed by atoms with E-state index in [0.717, 1.165) is 19.4 Å². The van der Waals surface area contributed by atoms with Crippen LogP contribution in [0.15, 0.2) is 48.0 Å². The average molecular weight is 495 g/mol. The maximum absolute atomic E-state index is 13.7. The number of likely N-dealkylation sites (tertiary alicyclic amines) is 1. The van der Waals surface area contributed by atoms with E-state index < -0.39 is 23.5 Å². The predicted molar refractivity (Wildman–Crippen MR) is 133 cm³/mol. The lowest BCUT2D eigenvalue weighted by Gasteiger charge is -2.28. The SMILES string of the molecule is CCCCOc1cccc(C2/C(=C(\[O-])c3ccc4c(c3)OCCO4)C(=O)C(=O)N2CCC[NH+](C)C)c1. The fourth-order valence-electron chi connectivity index (χ4n) is 4.50. The monoisotopic (exact) mass is 494 g/mol. The fraction of sp³-hybridized carbons (Fsp3) is 0.429. The summed E-state index contributed by atoms with van der Waals surface area (Å²) in [5.41, 5.74) is 0.927. The zero-order chi connectivity index (χ0) is 25.7. The Labute approximate surface area is 212 Å². The molecule has 2 aliphatic heterocycles. The number of carbonyl (C=O) groups excluding carboxylic acids is 2. The van der Waals surface area contributed by atoms with Crippen LogP contribution in [0.5, 0.6) is 17.2 Å². The van der Waals surface area contributed by atoms with Gasteiger partial charge in [-0.3, -0.25) is 9.59 Å². The summed E-state index contributed by atoms with van der Waals surface area (Å²) >= 11 is 0. The number of fused-ring (bicyclic) bond motifs is 1. The molecule has 2 aromatic rings. The number of hydrogen-bond donors (Lipinski definition) is 1. The molecule has 2 aromatic carbocycles. The number of amides is 1. The quantitative estimate of drug-likeness (QED) is 0.232. The van der Waals surface area contributed by atoms with E-state index in [-0.39, 0.29) is 11.1 Å². The van der Waals surface area contributed by atoms with Crippen LogP contribution in [-0.4, -0.2) is 63.6 Å². The van der Waals surface area contributed by atoms with Crippen LogP contribution in [0.1, 0.15) is 43.4 Å². The lowest BCUT2D eigenvalue weighted by Crippen LogP contribution is -3.05. The fourth-order valence-corrected chi connectivity index (χ4v) is 4.50. The topological polar surface area (TPSA) is 92.6 Å². The van der Waals surface area contributed by atoms with Gasteiger partial charge in [0.2, 0.25) is 5.78 Å². The highest BCUT2D eigenvalue weighted by Gasteiger charge is 2.44. The van der Waals surface area contributed by atoms with Crippen LogP contribution in [0, 0.1) is 0 Å². The third-order valence-corrected chi connectivity index (χ3v) is 6.35. The summed E-state index contributed by atoms with van der Waals surface area (Å²) < 4.78 is 17.1. The molecule has 1 atom stereocenters. The second-order valence-corrected chi connectivity index (χ2v) is 9.42. The number of hydrogen-bond acceptors (Lipinski definition) is 6. The molecular formula is C28H34N2O6. The Balaban J connectivity index is 1.75. The summed E-state index contributed by atoms with van der Waals surface area (Å²) in [5.74, 6) is -0.220. The van der Waals surface area contributed by atoms with Crippen LogP contribution in [0.2, 0.25) is 0 Å². The summed E-state index contributed by atoms with van der Waals surface area (Å²) in [6.45, 7) is 4.69. The van der Waals surface area contributed by atoms with E-state index in [1.54, 1.807) is 18.2 Å². The molecule has 36 heavy (non-hydrogen) atoms. The molecule has 1 saturated heterocycles. The van der Waals surface area contributed by atoms with E-state index in [9.17, 15) is 14.7 Å². The van der Waals surface area contributed by atoms with Crippen LogP contribution in [0.3, 0.4) is 0 Å². The molecule has 0 aliphatic carbocycles. The maximum Gasteiger partial charge on any atom is 0.295 e. The highest BCUT2D eigenvalue weighted by molar-refractivity contribution is 6.46. The third kappa shape index (κ3) is 5.49. The Morgan fingerprint density at radius 3 is 2.61 bits per heavy atom. The van der Waals surface area contributed by atoms with Gasteiger partial charge in [-0.25, -0.2) is 0 Å². The number of Topliss-reactive ketones (excluding diaryl/α,β-unsaturated/α-hetero) is 1. The van der Waals surface area contributed by atoms with Crippen molar-refractivity contribution in [3.05, 3.63) is 59.2 Å². The second-order valence-electron chi connectivity index (χ2n) is 9.42. The van der Waals surface area contributed by atoms with Crippen molar-refractivity contribution in [3.8, 4) is 17.2 Å². The van der Waals surface area contributed by atoms with Gasteiger partial charge >= 0.3 is 0 Å². The van der Waals surface area contributed by atoms with Gasteiger partial charge < -0.3 is 29.1 Å². The molecule has 1 fully saturated rings. The molecule has 0 spiro atoms. The maximum atomic E-state index is 13.7. The zero-order valence-corrected chi connectivity index (χ0v) is 21.2. The van der Waals surface area contributed by atoms with E-state index >= 15 is 0 Å². The summed E-state index contributed by atoms with van der Waals surface area (Å²) in [4.78, 5) is 29.2. The molecule has 1 unspecified atom stereocenters. The predicted octanol–water partition coefficient (Wildman–Crippen LogP) is 1.40. The number of quaternary nitrogens is 1. The van der Waals surface area contributed by atoms with Crippen LogP contribution in [-0.2, 0) is 9.59 Å². The van der Waals surface area contributed by atoms with Gasteiger partial charge in [0, 0.05) is 18.5 Å².